The lowest BCUT2D eigenvalue weighted by Crippen LogP contribution is -2.22. The third kappa shape index (κ3) is 4.44. The molecule has 0 bridgehead atoms. The van der Waals surface area contributed by atoms with Crippen molar-refractivity contribution in [1.29, 1.82) is 0 Å². The Morgan fingerprint density at radius 3 is 2.71 bits per heavy atom. The molecule has 1 aromatic rings. The lowest BCUT2D eigenvalue weighted by Gasteiger charge is -2.16. The summed E-state index contributed by atoms with van der Waals surface area (Å²) in [5.41, 5.74) is 6.60. The molecule has 0 heterocycles. The van der Waals surface area contributed by atoms with Crippen molar-refractivity contribution in [3.63, 3.8) is 0 Å². The Labute approximate surface area is 101 Å². The van der Waals surface area contributed by atoms with Gasteiger partial charge in [-0.1, -0.05) is 11.6 Å². The van der Waals surface area contributed by atoms with Crippen LogP contribution in [0.3, 0.4) is 0 Å². The van der Waals surface area contributed by atoms with Gasteiger partial charge in [-0.25, -0.2) is 4.79 Å². The second-order valence-electron chi connectivity index (χ2n) is 4.79. The van der Waals surface area contributed by atoms with Gasteiger partial charge >= 0.3 is 5.97 Å². The molecule has 94 valence electrons. The molecule has 0 saturated heterocycles. The van der Waals surface area contributed by atoms with Gasteiger partial charge in [0.25, 0.3) is 0 Å². The van der Waals surface area contributed by atoms with E-state index in [9.17, 15) is 9.90 Å². The zero-order valence-electron chi connectivity index (χ0n) is 10.5. The van der Waals surface area contributed by atoms with Gasteiger partial charge in [0.15, 0.2) is 0 Å². The summed E-state index contributed by atoms with van der Waals surface area (Å²) >= 11 is 0. The second-order valence-corrected chi connectivity index (χ2v) is 4.79. The van der Waals surface area contributed by atoms with E-state index in [0.29, 0.717) is 17.7 Å². The third-order valence-electron chi connectivity index (χ3n) is 2.38. The molecular formula is C13H19NO3. The van der Waals surface area contributed by atoms with Crippen LogP contribution in [0.15, 0.2) is 18.2 Å². The van der Waals surface area contributed by atoms with E-state index >= 15 is 0 Å². The van der Waals surface area contributed by atoms with Crippen molar-refractivity contribution in [3.8, 4) is 0 Å². The Bertz CT molecular complexity index is 408. The number of aliphatic hydroxyl groups is 1. The summed E-state index contributed by atoms with van der Waals surface area (Å²) < 4.78 is 5.06. The number of hydrogen-bond acceptors (Lipinski definition) is 4. The van der Waals surface area contributed by atoms with Crippen molar-refractivity contribution in [2.75, 3.05) is 12.3 Å². The van der Waals surface area contributed by atoms with Crippen molar-refractivity contribution in [1.82, 2.24) is 0 Å². The van der Waals surface area contributed by atoms with Gasteiger partial charge in [0.05, 0.1) is 17.8 Å². The van der Waals surface area contributed by atoms with Crippen LogP contribution in [-0.2, 0) is 4.74 Å². The van der Waals surface area contributed by atoms with E-state index in [-0.39, 0.29) is 6.61 Å². The summed E-state index contributed by atoms with van der Waals surface area (Å²) in [5, 5.41) is 9.48. The maximum atomic E-state index is 11.7. The number of nitrogen functional groups attached to an aromatic ring is 1. The van der Waals surface area contributed by atoms with Crippen molar-refractivity contribution in [2.45, 2.75) is 32.8 Å². The summed E-state index contributed by atoms with van der Waals surface area (Å²) in [7, 11) is 0. The van der Waals surface area contributed by atoms with Crippen LogP contribution in [0.5, 0.6) is 0 Å². The fourth-order valence-electron chi connectivity index (χ4n) is 1.32. The lowest BCUT2D eigenvalue weighted by atomic mass is 10.1. The average molecular weight is 237 g/mol. The summed E-state index contributed by atoms with van der Waals surface area (Å²) in [6, 6.07) is 5.21. The first-order chi connectivity index (χ1) is 7.79. The Hall–Kier alpha value is -1.55. The van der Waals surface area contributed by atoms with Crippen LogP contribution in [0, 0.1) is 6.92 Å². The van der Waals surface area contributed by atoms with Gasteiger partial charge in [-0.2, -0.15) is 0 Å². The first-order valence-electron chi connectivity index (χ1n) is 5.55. The van der Waals surface area contributed by atoms with Crippen LogP contribution in [0.25, 0.3) is 0 Å². The summed E-state index contributed by atoms with van der Waals surface area (Å²) in [6.45, 7) is 5.40. The number of benzene rings is 1. The zero-order chi connectivity index (χ0) is 13.1. The molecule has 0 atom stereocenters. The van der Waals surface area contributed by atoms with Gasteiger partial charge in [0.1, 0.15) is 0 Å². The minimum atomic E-state index is -0.835. The highest BCUT2D eigenvalue weighted by Crippen LogP contribution is 2.15. The van der Waals surface area contributed by atoms with E-state index in [1.54, 1.807) is 26.0 Å². The molecule has 0 fully saturated rings. The SMILES string of the molecule is Cc1ccc(N)c(C(=O)OCCC(C)(C)O)c1. The zero-order valence-corrected chi connectivity index (χ0v) is 10.5. The Morgan fingerprint density at radius 2 is 2.12 bits per heavy atom. The first kappa shape index (κ1) is 13.5. The molecule has 17 heavy (non-hydrogen) atoms. The van der Waals surface area contributed by atoms with Gasteiger partial charge in [-0.15, -0.1) is 0 Å². The van der Waals surface area contributed by atoms with Crippen molar-refractivity contribution in [3.05, 3.63) is 29.3 Å². The van der Waals surface area contributed by atoms with Crippen LogP contribution in [-0.4, -0.2) is 23.3 Å². The van der Waals surface area contributed by atoms with Gasteiger partial charge in [0, 0.05) is 12.1 Å². The lowest BCUT2D eigenvalue weighted by molar-refractivity contribution is 0.0245. The van der Waals surface area contributed by atoms with Gasteiger partial charge in [0.2, 0.25) is 0 Å². The molecule has 0 spiro atoms. The normalized spacial score (nSPS) is 11.3. The fraction of sp³-hybridized carbons (Fsp3) is 0.462. The molecule has 0 unspecified atom stereocenters. The fourth-order valence-corrected chi connectivity index (χ4v) is 1.32. The maximum Gasteiger partial charge on any atom is 0.340 e. The number of hydrogen-bond donors (Lipinski definition) is 2. The molecule has 0 aliphatic carbocycles. The minimum absolute atomic E-state index is 0.176. The van der Waals surface area contributed by atoms with Gasteiger partial charge in [-0.05, 0) is 32.9 Å². The minimum Gasteiger partial charge on any atom is -0.462 e. The molecule has 3 N–H and O–H groups in total. The van der Waals surface area contributed by atoms with Gasteiger partial charge < -0.3 is 15.6 Å². The van der Waals surface area contributed by atoms with E-state index < -0.39 is 11.6 Å². The second kappa shape index (κ2) is 5.19. The topological polar surface area (TPSA) is 72.6 Å². The molecular weight excluding hydrogens is 218 g/mol. The van der Waals surface area contributed by atoms with E-state index in [0.717, 1.165) is 5.56 Å². The quantitative estimate of drug-likeness (QED) is 0.619. The summed E-state index contributed by atoms with van der Waals surface area (Å²) in [4.78, 5) is 11.7. The summed E-state index contributed by atoms with van der Waals surface area (Å²) in [5.74, 6) is -0.449. The number of aryl methyl sites for hydroxylation is 1. The molecule has 0 aliphatic rings. The Kier molecular flexibility index (Phi) is 4.12. The predicted molar refractivity (Wildman–Crippen MR) is 66.8 cm³/mol. The Morgan fingerprint density at radius 1 is 1.47 bits per heavy atom. The standard InChI is InChI=1S/C13H19NO3/c1-9-4-5-11(14)10(8-9)12(15)17-7-6-13(2,3)16/h4-5,8,16H,6-7,14H2,1-3H3. The van der Waals surface area contributed by atoms with E-state index in [4.69, 9.17) is 10.5 Å². The number of ether oxygens (including phenoxy) is 1. The highest BCUT2D eigenvalue weighted by Gasteiger charge is 2.15. The number of carbonyl (C=O) groups excluding carboxylic acids is 1. The van der Waals surface area contributed by atoms with E-state index in [1.165, 1.54) is 0 Å². The average Bonchev–Trinajstić information content (AvgIpc) is 2.19. The molecule has 4 heteroatoms. The molecule has 1 aromatic carbocycles. The first-order valence-corrected chi connectivity index (χ1v) is 5.55. The Balaban J connectivity index is 2.61. The smallest absolute Gasteiger partial charge is 0.340 e. The van der Waals surface area contributed by atoms with Crippen LogP contribution >= 0.6 is 0 Å². The molecule has 4 nitrogen and oxygen atoms in total. The molecule has 0 saturated carbocycles. The summed E-state index contributed by atoms with van der Waals surface area (Å²) in [6.07, 6.45) is 0.393. The number of nitrogens with two attached hydrogens (primary N) is 1. The predicted octanol–water partition coefficient (Wildman–Crippen LogP) is 1.90. The van der Waals surface area contributed by atoms with Crippen LogP contribution in [0.2, 0.25) is 0 Å². The highest BCUT2D eigenvalue weighted by molar-refractivity contribution is 5.95. The monoisotopic (exact) mass is 237 g/mol. The number of anilines is 1. The molecule has 0 amide bonds. The van der Waals surface area contributed by atoms with Crippen molar-refractivity contribution < 1.29 is 14.6 Å². The number of carbonyl (C=O) groups is 1. The number of rotatable bonds is 4. The van der Waals surface area contributed by atoms with E-state index in [2.05, 4.69) is 0 Å². The van der Waals surface area contributed by atoms with Crippen molar-refractivity contribution in [2.24, 2.45) is 0 Å². The van der Waals surface area contributed by atoms with Crippen LogP contribution < -0.4 is 5.73 Å². The largest absolute Gasteiger partial charge is 0.462 e. The van der Waals surface area contributed by atoms with Gasteiger partial charge in [-0.3, -0.25) is 0 Å². The highest BCUT2D eigenvalue weighted by atomic mass is 16.5. The molecule has 1 rings (SSSR count). The van der Waals surface area contributed by atoms with Crippen LogP contribution in [0.4, 0.5) is 5.69 Å². The maximum absolute atomic E-state index is 11.7. The van der Waals surface area contributed by atoms with Crippen molar-refractivity contribution >= 4 is 11.7 Å². The number of esters is 1. The molecule has 0 aliphatic heterocycles. The van der Waals surface area contributed by atoms with E-state index in [1.807, 2.05) is 13.0 Å². The van der Waals surface area contributed by atoms with Crippen LogP contribution in [0.1, 0.15) is 36.2 Å². The molecule has 0 aromatic heterocycles. The molecule has 0 radical (unpaired) electrons. The third-order valence-corrected chi connectivity index (χ3v) is 2.38.